The average molecular weight is 341 g/mol. The molecular formula is C21H15N3O2. The van der Waals surface area contributed by atoms with Crippen molar-refractivity contribution in [3.05, 3.63) is 88.0 Å². The largest absolute Gasteiger partial charge is 0.321 e. The van der Waals surface area contributed by atoms with Crippen molar-refractivity contribution in [1.29, 1.82) is 0 Å². The molecule has 26 heavy (non-hydrogen) atoms. The minimum absolute atomic E-state index is 0.0250. The molecule has 0 bridgehead atoms. The van der Waals surface area contributed by atoms with Crippen molar-refractivity contribution >= 4 is 28.0 Å². The van der Waals surface area contributed by atoms with Gasteiger partial charge in [0.05, 0.1) is 0 Å². The molecule has 2 heterocycles. The fourth-order valence-corrected chi connectivity index (χ4v) is 3.73. The van der Waals surface area contributed by atoms with E-state index in [-0.39, 0.29) is 11.1 Å². The molecule has 0 fully saturated rings. The number of amides is 1. The number of aryl methyl sites for hydroxylation is 2. The zero-order chi connectivity index (χ0) is 17.7. The fraction of sp³-hybridized carbons (Fsp3) is 0.0952. The second kappa shape index (κ2) is 5.52. The van der Waals surface area contributed by atoms with Crippen LogP contribution in [-0.2, 0) is 12.8 Å². The first kappa shape index (κ1) is 14.8. The third kappa shape index (κ3) is 2.14. The summed E-state index contributed by atoms with van der Waals surface area (Å²) in [6, 6.07) is 15.4. The van der Waals surface area contributed by atoms with Crippen LogP contribution < -0.4 is 10.9 Å². The number of rotatable bonds is 2. The molecule has 2 aromatic heterocycles. The van der Waals surface area contributed by atoms with Gasteiger partial charge in [-0.15, -0.1) is 0 Å². The van der Waals surface area contributed by atoms with E-state index >= 15 is 0 Å². The van der Waals surface area contributed by atoms with Crippen LogP contribution in [0.25, 0.3) is 16.4 Å². The van der Waals surface area contributed by atoms with Crippen LogP contribution in [0.5, 0.6) is 0 Å². The van der Waals surface area contributed by atoms with Crippen molar-refractivity contribution in [1.82, 2.24) is 9.38 Å². The van der Waals surface area contributed by atoms with Gasteiger partial charge in [0.25, 0.3) is 11.5 Å². The van der Waals surface area contributed by atoms with Gasteiger partial charge in [0, 0.05) is 23.5 Å². The first-order chi connectivity index (χ1) is 12.7. The van der Waals surface area contributed by atoms with Gasteiger partial charge in [-0.25, -0.2) is 4.98 Å². The predicted molar refractivity (Wildman–Crippen MR) is 101 cm³/mol. The van der Waals surface area contributed by atoms with E-state index in [1.165, 1.54) is 27.1 Å². The van der Waals surface area contributed by atoms with Crippen LogP contribution in [0.15, 0.2) is 65.7 Å². The Balaban J connectivity index is 1.59. The summed E-state index contributed by atoms with van der Waals surface area (Å²) in [5.41, 5.74) is 3.49. The van der Waals surface area contributed by atoms with E-state index < -0.39 is 5.91 Å². The van der Waals surface area contributed by atoms with Crippen LogP contribution in [0.3, 0.4) is 0 Å². The third-order valence-corrected chi connectivity index (χ3v) is 4.98. The summed E-state index contributed by atoms with van der Waals surface area (Å²) in [5.74, 6) is -0.445. The summed E-state index contributed by atoms with van der Waals surface area (Å²) >= 11 is 0. The number of aromatic nitrogens is 2. The molecule has 1 aliphatic rings. The van der Waals surface area contributed by atoms with Crippen LogP contribution in [0.4, 0.5) is 5.69 Å². The van der Waals surface area contributed by atoms with Crippen molar-refractivity contribution in [3.8, 4) is 0 Å². The Hall–Kier alpha value is -3.47. The highest BCUT2D eigenvalue weighted by atomic mass is 16.2. The van der Waals surface area contributed by atoms with Crippen LogP contribution >= 0.6 is 0 Å². The minimum Gasteiger partial charge on any atom is -0.321 e. The molecule has 4 aromatic rings. The number of hydrogen-bond donors (Lipinski definition) is 1. The van der Waals surface area contributed by atoms with Crippen molar-refractivity contribution in [2.75, 3.05) is 5.32 Å². The SMILES string of the molecule is O=C(Nc1ccc2c3c(cccc13)CC2)c1cnc2ccccn2c1=O. The van der Waals surface area contributed by atoms with Crippen LogP contribution in [-0.4, -0.2) is 15.3 Å². The molecule has 5 rings (SSSR count). The van der Waals surface area contributed by atoms with Gasteiger partial charge in [0.2, 0.25) is 0 Å². The van der Waals surface area contributed by atoms with Gasteiger partial charge >= 0.3 is 0 Å². The lowest BCUT2D eigenvalue weighted by Crippen LogP contribution is -2.26. The number of nitrogens with zero attached hydrogens (tertiary/aromatic N) is 2. The summed E-state index contributed by atoms with van der Waals surface area (Å²) in [4.78, 5) is 29.6. The smallest absolute Gasteiger partial charge is 0.270 e. The Morgan fingerprint density at radius 2 is 1.85 bits per heavy atom. The molecule has 126 valence electrons. The number of benzene rings is 2. The maximum absolute atomic E-state index is 12.7. The standard InChI is InChI=1S/C21H15N3O2/c25-20(16-12-22-18-6-1-2-11-24(18)21(16)26)23-17-10-9-14-8-7-13-4-3-5-15(17)19(13)14/h1-6,9-12H,7-8H2,(H,23,25). The Morgan fingerprint density at radius 3 is 2.73 bits per heavy atom. The van der Waals surface area contributed by atoms with E-state index in [1.807, 2.05) is 18.2 Å². The number of carbonyl (C=O) groups excluding carboxylic acids is 1. The number of anilines is 1. The Bertz CT molecular complexity index is 1250. The zero-order valence-corrected chi connectivity index (χ0v) is 13.9. The van der Waals surface area contributed by atoms with Gasteiger partial charge in [-0.2, -0.15) is 0 Å². The van der Waals surface area contributed by atoms with E-state index in [9.17, 15) is 9.59 Å². The molecule has 0 saturated heterocycles. The van der Waals surface area contributed by atoms with E-state index in [0.717, 1.165) is 23.9 Å². The van der Waals surface area contributed by atoms with Gasteiger partial charge in [-0.1, -0.05) is 30.3 Å². The van der Waals surface area contributed by atoms with E-state index in [4.69, 9.17) is 0 Å². The lowest BCUT2D eigenvalue weighted by molar-refractivity contribution is 0.102. The lowest BCUT2D eigenvalue weighted by Gasteiger charge is -2.10. The van der Waals surface area contributed by atoms with Crippen LogP contribution in [0.2, 0.25) is 0 Å². The number of fused-ring (bicyclic) bond motifs is 1. The summed E-state index contributed by atoms with van der Waals surface area (Å²) in [7, 11) is 0. The van der Waals surface area contributed by atoms with Crippen LogP contribution in [0, 0.1) is 0 Å². The fourth-order valence-electron chi connectivity index (χ4n) is 3.73. The Morgan fingerprint density at radius 1 is 1.00 bits per heavy atom. The Kier molecular flexibility index (Phi) is 3.15. The molecule has 5 nitrogen and oxygen atoms in total. The molecule has 0 saturated carbocycles. The summed E-state index contributed by atoms with van der Waals surface area (Å²) in [6.45, 7) is 0. The normalized spacial score (nSPS) is 12.6. The maximum Gasteiger partial charge on any atom is 0.270 e. The topological polar surface area (TPSA) is 63.5 Å². The number of hydrogen-bond acceptors (Lipinski definition) is 3. The molecule has 0 aliphatic heterocycles. The monoisotopic (exact) mass is 341 g/mol. The maximum atomic E-state index is 12.7. The molecule has 1 amide bonds. The van der Waals surface area contributed by atoms with Crippen molar-refractivity contribution < 1.29 is 4.79 Å². The van der Waals surface area contributed by atoms with Gasteiger partial charge in [-0.3, -0.25) is 14.0 Å². The highest BCUT2D eigenvalue weighted by molar-refractivity contribution is 6.10. The summed E-state index contributed by atoms with van der Waals surface area (Å²) < 4.78 is 1.38. The first-order valence-electron chi connectivity index (χ1n) is 8.53. The van der Waals surface area contributed by atoms with Gasteiger partial charge < -0.3 is 5.32 Å². The quantitative estimate of drug-likeness (QED) is 0.609. The van der Waals surface area contributed by atoms with Crippen molar-refractivity contribution in [3.63, 3.8) is 0 Å². The van der Waals surface area contributed by atoms with E-state index in [2.05, 4.69) is 22.4 Å². The highest BCUT2D eigenvalue weighted by Gasteiger charge is 2.18. The molecule has 0 spiro atoms. The average Bonchev–Trinajstić information content (AvgIpc) is 3.09. The van der Waals surface area contributed by atoms with Gasteiger partial charge in [0.15, 0.2) is 0 Å². The number of nitrogens with one attached hydrogen (secondary N) is 1. The molecule has 0 radical (unpaired) electrons. The van der Waals surface area contributed by atoms with Crippen molar-refractivity contribution in [2.45, 2.75) is 12.8 Å². The minimum atomic E-state index is -0.445. The molecule has 2 aromatic carbocycles. The van der Waals surface area contributed by atoms with Gasteiger partial charge in [0.1, 0.15) is 11.2 Å². The lowest BCUT2D eigenvalue weighted by atomic mass is 10.0. The molecule has 5 heteroatoms. The second-order valence-corrected chi connectivity index (χ2v) is 6.47. The zero-order valence-electron chi connectivity index (χ0n) is 13.9. The van der Waals surface area contributed by atoms with Crippen LogP contribution in [0.1, 0.15) is 21.5 Å². The molecule has 1 N–H and O–H groups in total. The van der Waals surface area contributed by atoms with E-state index in [1.54, 1.807) is 24.4 Å². The summed E-state index contributed by atoms with van der Waals surface area (Å²) in [5, 5.41) is 5.13. The highest BCUT2D eigenvalue weighted by Crippen LogP contribution is 2.35. The van der Waals surface area contributed by atoms with Gasteiger partial charge in [-0.05, 0) is 47.6 Å². The van der Waals surface area contributed by atoms with Crippen molar-refractivity contribution in [2.24, 2.45) is 0 Å². The molecular weight excluding hydrogens is 326 g/mol. The third-order valence-electron chi connectivity index (χ3n) is 4.98. The number of carbonyl (C=O) groups is 1. The predicted octanol–water partition coefficient (Wildman–Crippen LogP) is 3.20. The van der Waals surface area contributed by atoms with E-state index in [0.29, 0.717) is 5.65 Å². The molecule has 0 unspecified atom stereocenters. The Labute approximate surface area is 148 Å². The molecule has 1 aliphatic carbocycles. The summed E-state index contributed by atoms with van der Waals surface area (Å²) in [6.07, 6.45) is 5.01. The first-order valence-corrected chi connectivity index (χ1v) is 8.53. The number of pyridine rings is 1. The second-order valence-electron chi connectivity index (χ2n) is 6.47. The molecule has 0 atom stereocenters.